The average Bonchev–Trinajstić information content (AvgIpc) is 3.26. The van der Waals surface area contributed by atoms with E-state index in [9.17, 15) is 9.59 Å². The molecule has 1 heterocycles. The number of nitrogens with one attached hydrogen (secondary N) is 1. The summed E-state index contributed by atoms with van der Waals surface area (Å²) in [6.07, 6.45) is 2.92. The third-order valence-corrected chi connectivity index (χ3v) is 4.71. The van der Waals surface area contributed by atoms with Crippen molar-refractivity contribution in [3.8, 4) is 0 Å². The molecule has 112 valence electrons. The lowest BCUT2D eigenvalue weighted by Crippen LogP contribution is -2.65. The Bertz CT molecular complexity index is 432. The maximum Gasteiger partial charge on any atom is 0.246 e. The van der Waals surface area contributed by atoms with Gasteiger partial charge in [0.2, 0.25) is 11.8 Å². The Morgan fingerprint density at radius 1 is 1.50 bits per heavy atom. The van der Waals surface area contributed by atoms with Gasteiger partial charge in [-0.3, -0.25) is 9.59 Å². The molecular weight excluding hydrogens is 276 g/mol. The number of halogens is 1. The number of carbonyl (C=O) groups excluding carboxylic acids is 2. The highest BCUT2D eigenvalue weighted by Crippen LogP contribution is 2.36. The Kier molecular flexibility index (Phi) is 4.74. The fraction of sp³-hybridized carbons (Fsp3) is 0.733. The van der Waals surface area contributed by atoms with Gasteiger partial charge in [-0.2, -0.15) is 0 Å². The van der Waals surface area contributed by atoms with Crippen LogP contribution >= 0.6 is 11.6 Å². The highest BCUT2D eigenvalue weighted by Gasteiger charge is 2.47. The highest BCUT2D eigenvalue weighted by molar-refractivity contribution is 6.25. The van der Waals surface area contributed by atoms with Crippen LogP contribution in [0.3, 0.4) is 0 Å². The Morgan fingerprint density at radius 3 is 2.65 bits per heavy atom. The van der Waals surface area contributed by atoms with Gasteiger partial charge >= 0.3 is 0 Å². The van der Waals surface area contributed by atoms with Crippen LogP contribution in [0.2, 0.25) is 0 Å². The summed E-state index contributed by atoms with van der Waals surface area (Å²) in [5, 5.41) is 2.93. The second-order valence-electron chi connectivity index (χ2n) is 6.08. The molecule has 3 unspecified atom stereocenters. The molecule has 0 aromatic rings. The SMILES string of the molecule is CCC(C)C1C(=O)NC(C2CC2)C(=O)N1CC(C)=CCl. The van der Waals surface area contributed by atoms with Crippen molar-refractivity contribution in [2.45, 2.75) is 52.1 Å². The lowest BCUT2D eigenvalue weighted by Gasteiger charge is -2.41. The molecule has 0 radical (unpaired) electrons. The largest absolute Gasteiger partial charge is 0.342 e. The quantitative estimate of drug-likeness (QED) is 0.846. The lowest BCUT2D eigenvalue weighted by molar-refractivity contribution is -0.151. The van der Waals surface area contributed by atoms with E-state index in [0.29, 0.717) is 12.5 Å². The van der Waals surface area contributed by atoms with Gasteiger partial charge in [0, 0.05) is 12.1 Å². The Balaban J connectivity index is 2.24. The molecule has 2 rings (SSSR count). The third-order valence-electron chi connectivity index (χ3n) is 4.33. The minimum atomic E-state index is -0.380. The monoisotopic (exact) mass is 298 g/mol. The molecule has 3 atom stereocenters. The molecular formula is C15H23ClN2O2. The summed E-state index contributed by atoms with van der Waals surface area (Å²) in [6, 6.07) is -0.708. The smallest absolute Gasteiger partial charge is 0.246 e. The van der Waals surface area contributed by atoms with E-state index < -0.39 is 0 Å². The first kappa shape index (κ1) is 15.4. The number of piperazine rings is 1. The molecule has 2 amide bonds. The summed E-state index contributed by atoms with van der Waals surface area (Å²) in [4.78, 5) is 26.8. The van der Waals surface area contributed by atoms with Crippen LogP contribution in [0, 0.1) is 11.8 Å². The normalized spacial score (nSPS) is 29.4. The van der Waals surface area contributed by atoms with Gasteiger partial charge in [0.1, 0.15) is 12.1 Å². The molecule has 2 aliphatic rings. The third kappa shape index (κ3) is 3.00. The zero-order valence-electron chi connectivity index (χ0n) is 12.4. The van der Waals surface area contributed by atoms with Crippen LogP contribution < -0.4 is 5.32 Å². The molecule has 1 aliphatic heterocycles. The van der Waals surface area contributed by atoms with E-state index in [1.165, 1.54) is 5.54 Å². The zero-order chi connectivity index (χ0) is 14.9. The summed E-state index contributed by atoms with van der Waals surface area (Å²) >= 11 is 5.73. The fourth-order valence-corrected chi connectivity index (χ4v) is 2.84. The molecule has 1 saturated carbocycles. The first-order chi connectivity index (χ1) is 9.49. The van der Waals surface area contributed by atoms with E-state index in [1.807, 2.05) is 20.8 Å². The summed E-state index contributed by atoms with van der Waals surface area (Å²) in [5.74, 6) is 0.503. The minimum Gasteiger partial charge on any atom is -0.342 e. The van der Waals surface area contributed by atoms with Gasteiger partial charge in [0.15, 0.2) is 0 Å². The standard InChI is InChI=1S/C15H23ClN2O2/c1-4-10(3)13-14(19)17-12(11-5-6-11)15(20)18(13)8-9(2)7-16/h7,10-13H,4-6,8H2,1-3H3,(H,17,19). The van der Waals surface area contributed by atoms with E-state index in [0.717, 1.165) is 24.8 Å². The maximum absolute atomic E-state index is 12.7. The number of rotatable bonds is 5. The molecule has 0 spiro atoms. The van der Waals surface area contributed by atoms with Crippen LogP contribution in [-0.4, -0.2) is 35.3 Å². The summed E-state index contributed by atoms with van der Waals surface area (Å²) < 4.78 is 0. The van der Waals surface area contributed by atoms with Gasteiger partial charge in [-0.1, -0.05) is 31.9 Å². The maximum atomic E-state index is 12.7. The van der Waals surface area contributed by atoms with E-state index in [4.69, 9.17) is 11.6 Å². The predicted molar refractivity (Wildman–Crippen MR) is 79.2 cm³/mol. The summed E-state index contributed by atoms with van der Waals surface area (Å²) in [5.41, 5.74) is 2.39. The van der Waals surface area contributed by atoms with Crippen molar-refractivity contribution in [3.05, 3.63) is 11.1 Å². The van der Waals surface area contributed by atoms with E-state index in [2.05, 4.69) is 5.32 Å². The first-order valence-corrected chi connectivity index (χ1v) is 7.80. The zero-order valence-corrected chi connectivity index (χ0v) is 13.1. The topological polar surface area (TPSA) is 49.4 Å². The highest BCUT2D eigenvalue weighted by atomic mass is 35.5. The first-order valence-electron chi connectivity index (χ1n) is 7.36. The van der Waals surface area contributed by atoms with Crippen molar-refractivity contribution in [1.82, 2.24) is 10.2 Å². The van der Waals surface area contributed by atoms with Crippen molar-refractivity contribution in [2.75, 3.05) is 6.54 Å². The average molecular weight is 299 g/mol. The second-order valence-corrected chi connectivity index (χ2v) is 6.29. The van der Waals surface area contributed by atoms with E-state index >= 15 is 0 Å². The van der Waals surface area contributed by atoms with Crippen molar-refractivity contribution < 1.29 is 9.59 Å². The number of hydrogen-bond acceptors (Lipinski definition) is 2. The van der Waals surface area contributed by atoms with Gasteiger partial charge < -0.3 is 10.2 Å². The Morgan fingerprint density at radius 2 is 2.15 bits per heavy atom. The fourth-order valence-electron chi connectivity index (χ4n) is 2.78. The molecule has 1 aliphatic carbocycles. The van der Waals surface area contributed by atoms with Gasteiger partial charge in [-0.15, -0.1) is 0 Å². The molecule has 4 nitrogen and oxygen atoms in total. The van der Waals surface area contributed by atoms with Crippen LogP contribution in [0.25, 0.3) is 0 Å². The molecule has 5 heteroatoms. The number of carbonyl (C=O) groups is 2. The molecule has 0 aromatic carbocycles. The predicted octanol–water partition coefficient (Wildman–Crippen LogP) is 2.28. The molecule has 0 aromatic heterocycles. The van der Waals surface area contributed by atoms with Crippen molar-refractivity contribution in [3.63, 3.8) is 0 Å². The van der Waals surface area contributed by atoms with Crippen molar-refractivity contribution in [1.29, 1.82) is 0 Å². The molecule has 1 saturated heterocycles. The Hall–Kier alpha value is -1.03. The van der Waals surface area contributed by atoms with Crippen LogP contribution in [-0.2, 0) is 9.59 Å². The summed E-state index contributed by atoms with van der Waals surface area (Å²) in [7, 11) is 0. The number of hydrogen-bond donors (Lipinski definition) is 1. The Labute approximate surface area is 125 Å². The van der Waals surface area contributed by atoms with Crippen LogP contribution in [0.15, 0.2) is 11.1 Å². The van der Waals surface area contributed by atoms with Crippen LogP contribution in [0.5, 0.6) is 0 Å². The van der Waals surface area contributed by atoms with Crippen molar-refractivity contribution >= 4 is 23.4 Å². The second kappa shape index (κ2) is 6.17. The van der Waals surface area contributed by atoms with Gasteiger partial charge in [-0.25, -0.2) is 0 Å². The van der Waals surface area contributed by atoms with E-state index in [-0.39, 0.29) is 29.8 Å². The molecule has 0 bridgehead atoms. The van der Waals surface area contributed by atoms with Gasteiger partial charge in [-0.05, 0) is 37.2 Å². The number of amides is 2. The van der Waals surface area contributed by atoms with E-state index in [1.54, 1.807) is 4.90 Å². The van der Waals surface area contributed by atoms with Crippen LogP contribution in [0.1, 0.15) is 40.0 Å². The lowest BCUT2D eigenvalue weighted by atomic mass is 9.92. The summed E-state index contributed by atoms with van der Waals surface area (Å²) in [6.45, 7) is 6.38. The number of nitrogens with zero attached hydrogens (tertiary/aromatic N) is 1. The molecule has 20 heavy (non-hydrogen) atoms. The molecule has 1 N–H and O–H groups in total. The molecule has 2 fully saturated rings. The van der Waals surface area contributed by atoms with Crippen molar-refractivity contribution in [2.24, 2.45) is 11.8 Å². The van der Waals surface area contributed by atoms with Gasteiger partial charge in [0.05, 0.1) is 0 Å². The minimum absolute atomic E-state index is 0.0155. The van der Waals surface area contributed by atoms with Crippen LogP contribution in [0.4, 0.5) is 0 Å². The van der Waals surface area contributed by atoms with Gasteiger partial charge in [0.25, 0.3) is 0 Å².